The van der Waals surface area contributed by atoms with Crippen LogP contribution in [0.3, 0.4) is 0 Å². The number of carbonyl (C=O) groups excluding carboxylic acids is 1. The number of piperidine rings is 1. The van der Waals surface area contributed by atoms with Gasteiger partial charge in [0.2, 0.25) is 0 Å². The van der Waals surface area contributed by atoms with E-state index in [2.05, 4.69) is 12.2 Å². The summed E-state index contributed by atoms with van der Waals surface area (Å²) >= 11 is 0. The zero-order chi connectivity index (χ0) is 15.4. The first-order valence-electron chi connectivity index (χ1n) is 7.51. The lowest BCUT2D eigenvalue weighted by atomic mass is 10.0. The zero-order valence-corrected chi connectivity index (χ0v) is 12.6. The molecule has 0 radical (unpaired) electrons. The van der Waals surface area contributed by atoms with Crippen molar-refractivity contribution in [3.8, 4) is 0 Å². The van der Waals surface area contributed by atoms with Crippen molar-refractivity contribution >= 4 is 5.91 Å². The second-order valence-corrected chi connectivity index (χ2v) is 5.60. The molecule has 116 valence electrons. The van der Waals surface area contributed by atoms with Crippen LogP contribution in [-0.4, -0.2) is 36.5 Å². The predicted molar refractivity (Wildman–Crippen MR) is 78.3 cm³/mol. The minimum Gasteiger partial charge on any atom is -0.337 e. The smallest absolute Gasteiger partial charge is 0.259 e. The average Bonchev–Trinajstić information content (AvgIpc) is 2.49. The molecule has 2 rings (SSSR count). The van der Waals surface area contributed by atoms with Gasteiger partial charge in [-0.1, -0.05) is 13.0 Å². The molecule has 1 aromatic carbocycles. The minimum atomic E-state index is -0.785. The number of nitrogens with zero attached hydrogens (tertiary/aromatic N) is 1. The van der Waals surface area contributed by atoms with Gasteiger partial charge >= 0.3 is 0 Å². The molecule has 21 heavy (non-hydrogen) atoms. The Morgan fingerprint density at radius 3 is 2.90 bits per heavy atom. The molecule has 3 nitrogen and oxygen atoms in total. The van der Waals surface area contributed by atoms with Crippen LogP contribution in [0.2, 0.25) is 0 Å². The third-order valence-electron chi connectivity index (χ3n) is 3.89. The molecule has 1 aliphatic heterocycles. The van der Waals surface area contributed by atoms with Gasteiger partial charge in [-0.3, -0.25) is 4.79 Å². The molecule has 1 heterocycles. The Morgan fingerprint density at radius 1 is 1.43 bits per heavy atom. The molecule has 1 unspecified atom stereocenters. The average molecular weight is 296 g/mol. The largest absolute Gasteiger partial charge is 0.337 e. The highest BCUT2D eigenvalue weighted by Crippen LogP contribution is 2.20. The fourth-order valence-electron chi connectivity index (χ4n) is 2.69. The van der Waals surface area contributed by atoms with Crippen LogP contribution in [-0.2, 0) is 0 Å². The van der Waals surface area contributed by atoms with Gasteiger partial charge in [0.15, 0.2) is 0 Å². The van der Waals surface area contributed by atoms with Gasteiger partial charge in [0.25, 0.3) is 5.91 Å². The Morgan fingerprint density at radius 2 is 2.19 bits per heavy atom. The Labute approximate surface area is 124 Å². The maximum atomic E-state index is 14.1. The third-order valence-corrected chi connectivity index (χ3v) is 3.89. The van der Waals surface area contributed by atoms with Gasteiger partial charge < -0.3 is 10.2 Å². The van der Waals surface area contributed by atoms with Crippen LogP contribution in [0, 0.1) is 18.6 Å². The minimum absolute atomic E-state index is 0.207. The standard InChI is InChI=1S/C16H22F2N2O/c1-3-8-19-12-5-4-9-20(10-12)16(21)14-13(17)7-6-11(2)15(14)18/h6-7,12,19H,3-5,8-10H2,1-2H3. The van der Waals surface area contributed by atoms with Gasteiger partial charge in [0, 0.05) is 19.1 Å². The van der Waals surface area contributed by atoms with E-state index in [-0.39, 0.29) is 11.6 Å². The van der Waals surface area contributed by atoms with Crippen molar-refractivity contribution in [2.75, 3.05) is 19.6 Å². The lowest BCUT2D eigenvalue weighted by Gasteiger charge is -2.33. The van der Waals surface area contributed by atoms with E-state index in [0.717, 1.165) is 31.9 Å². The second kappa shape index (κ2) is 6.98. The second-order valence-electron chi connectivity index (χ2n) is 5.60. The molecule has 0 aliphatic carbocycles. The number of likely N-dealkylation sites (tertiary alicyclic amines) is 1. The highest BCUT2D eigenvalue weighted by atomic mass is 19.1. The summed E-state index contributed by atoms with van der Waals surface area (Å²) in [6, 6.07) is 2.71. The van der Waals surface area contributed by atoms with Gasteiger partial charge in [-0.15, -0.1) is 0 Å². The van der Waals surface area contributed by atoms with Crippen molar-refractivity contribution in [1.29, 1.82) is 0 Å². The normalized spacial score (nSPS) is 18.9. The number of amides is 1. The van der Waals surface area contributed by atoms with E-state index in [9.17, 15) is 13.6 Å². The first-order chi connectivity index (χ1) is 10.0. The summed E-state index contributed by atoms with van der Waals surface area (Å²) in [6.45, 7) is 5.56. The topological polar surface area (TPSA) is 32.3 Å². The van der Waals surface area contributed by atoms with E-state index < -0.39 is 23.1 Å². The fourth-order valence-corrected chi connectivity index (χ4v) is 2.69. The van der Waals surface area contributed by atoms with Gasteiger partial charge in [-0.05, 0) is 44.4 Å². The molecular formula is C16H22F2N2O. The molecule has 0 spiro atoms. The molecule has 1 atom stereocenters. The first kappa shape index (κ1) is 15.9. The van der Waals surface area contributed by atoms with E-state index in [4.69, 9.17) is 0 Å². The number of hydrogen-bond acceptors (Lipinski definition) is 2. The van der Waals surface area contributed by atoms with Gasteiger partial charge in [0.1, 0.15) is 17.2 Å². The Hall–Kier alpha value is -1.49. The predicted octanol–water partition coefficient (Wildman–Crippen LogP) is 2.88. The summed E-state index contributed by atoms with van der Waals surface area (Å²) in [5.41, 5.74) is -0.136. The van der Waals surface area contributed by atoms with E-state index in [1.807, 2.05) is 0 Å². The maximum Gasteiger partial charge on any atom is 0.259 e. The lowest BCUT2D eigenvalue weighted by Crippen LogP contribution is -2.48. The monoisotopic (exact) mass is 296 g/mol. The summed E-state index contributed by atoms with van der Waals surface area (Å²) in [5, 5.41) is 3.37. The van der Waals surface area contributed by atoms with Crippen molar-refractivity contribution in [1.82, 2.24) is 10.2 Å². The van der Waals surface area contributed by atoms with E-state index in [0.29, 0.717) is 13.1 Å². The Bertz CT molecular complexity index is 519. The van der Waals surface area contributed by atoms with Gasteiger partial charge in [0.05, 0.1) is 0 Å². The first-order valence-corrected chi connectivity index (χ1v) is 7.51. The van der Waals surface area contributed by atoms with Crippen molar-refractivity contribution < 1.29 is 13.6 Å². The Balaban J connectivity index is 2.14. The van der Waals surface area contributed by atoms with Crippen LogP contribution in [0.4, 0.5) is 8.78 Å². The van der Waals surface area contributed by atoms with Crippen molar-refractivity contribution in [3.05, 3.63) is 34.9 Å². The Kier molecular flexibility index (Phi) is 5.28. The molecule has 1 fully saturated rings. The molecule has 0 aromatic heterocycles. The zero-order valence-electron chi connectivity index (χ0n) is 12.6. The number of aryl methyl sites for hydroxylation is 1. The number of hydrogen-bond donors (Lipinski definition) is 1. The van der Waals surface area contributed by atoms with E-state index in [1.54, 1.807) is 4.90 Å². The van der Waals surface area contributed by atoms with Gasteiger partial charge in [-0.2, -0.15) is 0 Å². The maximum absolute atomic E-state index is 14.1. The van der Waals surface area contributed by atoms with Gasteiger partial charge in [-0.25, -0.2) is 8.78 Å². The van der Waals surface area contributed by atoms with E-state index >= 15 is 0 Å². The van der Waals surface area contributed by atoms with Crippen LogP contribution in [0.25, 0.3) is 0 Å². The van der Waals surface area contributed by atoms with Crippen LogP contribution in [0.1, 0.15) is 42.1 Å². The van der Waals surface area contributed by atoms with E-state index in [1.165, 1.54) is 13.0 Å². The number of halogens is 2. The molecule has 1 saturated heterocycles. The molecule has 1 aliphatic rings. The van der Waals surface area contributed by atoms with Crippen molar-refractivity contribution in [3.63, 3.8) is 0 Å². The molecule has 5 heteroatoms. The van der Waals surface area contributed by atoms with Crippen LogP contribution >= 0.6 is 0 Å². The number of nitrogens with one attached hydrogen (secondary N) is 1. The number of rotatable bonds is 4. The number of benzene rings is 1. The third kappa shape index (κ3) is 3.59. The summed E-state index contributed by atoms with van der Waals surface area (Å²) in [7, 11) is 0. The van der Waals surface area contributed by atoms with Crippen molar-refractivity contribution in [2.24, 2.45) is 0 Å². The summed E-state index contributed by atoms with van der Waals surface area (Å²) in [4.78, 5) is 14.0. The summed E-state index contributed by atoms with van der Waals surface area (Å²) < 4.78 is 27.9. The number of carbonyl (C=O) groups is 1. The van der Waals surface area contributed by atoms with Crippen LogP contribution in [0.15, 0.2) is 12.1 Å². The molecular weight excluding hydrogens is 274 g/mol. The molecule has 0 saturated carbocycles. The molecule has 1 amide bonds. The summed E-state index contributed by atoms with van der Waals surface area (Å²) in [6.07, 6.45) is 2.86. The quantitative estimate of drug-likeness (QED) is 0.926. The highest BCUT2D eigenvalue weighted by molar-refractivity contribution is 5.95. The molecule has 1 N–H and O–H groups in total. The molecule has 1 aromatic rings. The fraction of sp³-hybridized carbons (Fsp3) is 0.562. The van der Waals surface area contributed by atoms with Crippen molar-refractivity contribution in [2.45, 2.75) is 39.2 Å². The summed E-state index contributed by atoms with van der Waals surface area (Å²) in [5.74, 6) is -2.08. The molecule has 0 bridgehead atoms. The highest BCUT2D eigenvalue weighted by Gasteiger charge is 2.28. The SMILES string of the molecule is CCCNC1CCCN(C(=O)c2c(F)ccc(C)c2F)C1. The van der Waals surface area contributed by atoms with Crippen LogP contribution < -0.4 is 5.32 Å². The van der Waals surface area contributed by atoms with Crippen LogP contribution in [0.5, 0.6) is 0 Å². The lowest BCUT2D eigenvalue weighted by molar-refractivity contribution is 0.0685.